The molecule has 1 aliphatic heterocycles. The largest absolute Gasteiger partial charge is 0.463 e. The van der Waals surface area contributed by atoms with E-state index < -0.39 is 0 Å². The second-order valence-electron chi connectivity index (χ2n) is 6.98. The molecule has 2 heterocycles. The Labute approximate surface area is 168 Å². The van der Waals surface area contributed by atoms with Gasteiger partial charge in [0.1, 0.15) is 11.5 Å². The minimum Gasteiger partial charge on any atom is -0.463 e. The molecule has 0 bridgehead atoms. The monoisotopic (exact) mass is 394 g/mol. The van der Waals surface area contributed by atoms with Gasteiger partial charge in [0.2, 0.25) is 0 Å². The van der Waals surface area contributed by atoms with E-state index in [0.29, 0.717) is 6.61 Å². The van der Waals surface area contributed by atoms with Crippen molar-refractivity contribution in [3.05, 3.63) is 59.9 Å². The number of halogens is 1. The molecule has 5 nitrogen and oxygen atoms in total. The summed E-state index contributed by atoms with van der Waals surface area (Å²) in [5, 5.41) is 5.76. The number of fused-ring (bicyclic) bond motifs is 1. The van der Waals surface area contributed by atoms with Gasteiger partial charge in [-0.1, -0.05) is 6.07 Å². The first kappa shape index (κ1) is 19.3. The zero-order valence-corrected chi connectivity index (χ0v) is 16.3. The zero-order valence-electron chi connectivity index (χ0n) is 16.3. The average molecular weight is 394 g/mol. The maximum Gasteiger partial charge on any atom is 0.330 e. The van der Waals surface area contributed by atoms with Crippen LogP contribution >= 0.6 is 0 Å². The van der Waals surface area contributed by atoms with Gasteiger partial charge >= 0.3 is 5.97 Å². The molecule has 1 aliphatic rings. The van der Waals surface area contributed by atoms with Crippen LogP contribution in [0.15, 0.2) is 48.5 Å². The van der Waals surface area contributed by atoms with Crippen molar-refractivity contribution in [2.75, 3.05) is 13.2 Å². The van der Waals surface area contributed by atoms with E-state index in [0.717, 1.165) is 53.6 Å². The number of hydrogen-bond donors (Lipinski definition) is 0. The molecule has 150 valence electrons. The molecule has 1 unspecified atom stereocenters. The fourth-order valence-corrected chi connectivity index (χ4v) is 3.57. The summed E-state index contributed by atoms with van der Waals surface area (Å²) in [5.41, 5.74) is 3.40. The van der Waals surface area contributed by atoms with Crippen molar-refractivity contribution in [3.8, 4) is 11.3 Å². The van der Waals surface area contributed by atoms with Gasteiger partial charge in [-0.05, 0) is 74.2 Å². The molecule has 1 saturated heterocycles. The van der Waals surface area contributed by atoms with Crippen LogP contribution in [0.5, 0.6) is 0 Å². The molecule has 3 aromatic rings. The van der Waals surface area contributed by atoms with Crippen molar-refractivity contribution in [1.82, 2.24) is 9.78 Å². The quantitative estimate of drug-likeness (QED) is 0.445. The summed E-state index contributed by atoms with van der Waals surface area (Å²) in [5.74, 6) is -0.663. The number of carbonyl (C=O) groups excluding carboxylic acids is 1. The van der Waals surface area contributed by atoms with Gasteiger partial charge in [0.25, 0.3) is 0 Å². The first-order valence-electron chi connectivity index (χ1n) is 9.90. The molecule has 2 aromatic carbocycles. The average Bonchev–Trinajstić information content (AvgIpc) is 3.12. The van der Waals surface area contributed by atoms with Gasteiger partial charge in [0.15, 0.2) is 6.23 Å². The number of aromatic nitrogens is 2. The van der Waals surface area contributed by atoms with Crippen LogP contribution in [0.4, 0.5) is 4.39 Å². The van der Waals surface area contributed by atoms with Gasteiger partial charge in [0, 0.05) is 23.6 Å². The van der Waals surface area contributed by atoms with Crippen LogP contribution in [0.2, 0.25) is 0 Å². The molecule has 0 saturated carbocycles. The normalized spacial score (nSPS) is 17.1. The first-order chi connectivity index (χ1) is 14.2. The third-order valence-electron chi connectivity index (χ3n) is 4.97. The van der Waals surface area contributed by atoms with Crippen LogP contribution in [-0.4, -0.2) is 29.0 Å². The van der Waals surface area contributed by atoms with Crippen molar-refractivity contribution >= 4 is 22.9 Å². The van der Waals surface area contributed by atoms with E-state index in [9.17, 15) is 9.18 Å². The van der Waals surface area contributed by atoms with E-state index in [1.54, 1.807) is 25.1 Å². The van der Waals surface area contributed by atoms with E-state index in [1.807, 2.05) is 22.9 Å². The number of rotatable bonds is 5. The third-order valence-corrected chi connectivity index (χ3v) is 4.97. The Balaban J connectivity index is 1.79. The molecule has 1 aromatic heterocycles. The maximum absolute atomic E-state index is 13.4. The van der Waals surface area contributed by atoms with Crippen molar-refractivity contribution in [3.63, 3.8) is 0 Å². The number of benzene rings is 2. The Hall–Kier alpha value is -2.99. The summed E-state index contributed by atoms with van der Waals surface area (Å²) in [6.07, 6.45) is 6.09. The maximum atomic E-state index is 13.4. The molecule has 1 atom stereocenters. The van der Waals surface area contributed by atoms with Gasteiger partial charge in [0.05, 0.1) is 12.1 Å². The molecule has 0 N–H and O–H groups in total. The molecule has 4 rings (SSSR count). The summed E-state index contributed by atoms with van der Waals surface area (Å²) >= 11 is 0. The fourth-order valence-electron chi connectivity index (χ4n) is 3.57. The van der Waals surface area contributed by atoms with Gasteiger partial charge in [-0.3, -0.25) is 0 Å². The summed E-state index contributed by atoms with van der Waals surface area (Å²) in [6.45, 7) is 2.83. The third kappa shape index (κ3) is 4.22. The van der Waals surface area contributed by atoms with Crippen LogP contribution < -0.4 is 0 Å². The standard InChI is InChI=1S/C23H23FN2O3/c1-2-28-22(27)13-7-16-6-12-20-19(15-16)23(17-8-10-18(24)11-9-17)25-26(20)21-5-3-4-14-29-21/h6-13,15,21H,2-5,14H2,1H3/b13-7+. The number of hydrogen-bond acceptors (Lipinski definition) is 4. The molecule has 6 heteroatoms. The Morgan fingerprint density at radius 3 is 2.83 bits per heavy atom. The topological polar surface area (TPSA) is 53.3 Å². The van der Waals surface area contributed by atoms with E-state index in [-0.39, 0.29) is 18.0 Å². The van der Waals surface area contributed by atoms with Crippen molar-refractivity contribution in [2.24, 2.45) is 0 Å². The first-order valence-corrected chi connectivity index (χ1v) is 9.90. The van der Waals surface area contributed by atoms with Gasteiger partial charge in [-0.2, -0.15) is 5.10 Å². The van der Waals surface area contributed by atoms with Crippen LogP contribution in [0.1, 0.15) is 38.0 Å². The van der Waals surface area contributed by atoms with Crippen LogP contribution in [0.3, 0.4) is 0 Å². The highest BCUT2D eigenvalue weighted by Gasteiger charge is 2.21. The number of nitrogens with zero attached hydrogens (tertiary/aromatic N) is 2. The Morgan fingerprint density at radius 1 is 1.28 bits per heavy atom. The van der Waals surface area contributed by atoms with E-state index in [4.69, 9.17) is 14.6 Å². The Kier molecular flexibility index (Phi) is 5.71. The Bertz CT molecular complexity index is 1030. The summed E-state index contributed by atoms with van der Waals surface area (Å²) < 4.78 is 26.2. The predicted octanol–water partition coefficient (Wildman–Crippen LogP) is 5.12. The van der Waals surface area contributed by atoms with Gasteiger partial charge < -0.3 is 9.47 Å². The highest BCUT2D eigenvalue weighted by atomic mass is 19.1. The van der Waals surface area contributed by atoms with Crippen LogP contribution in [-0.2, 0) is 14.3 Å². The Morgan fingerprint density at radius 2 is 2.10 bits per heavy atom. The predicted molar refractivity (Wildman–Crippen MR) is 110 cm³/mol. The molecule has 0 spiro atoms. The molecular formula is C23H23FN2O3. The minimum atomic E-state index is -0.377. The lowest BCUT2D eigenvalue weighted by molar-refractivity contribution is -0.137. The minimum absolute atomic E-state index is 0.110. The highest BCUT2D eigenvalue weighted by molar-refractivity contribution is 5.95. The summed E-state index contributed by atoms with van der Waals surface area (Å²) in [4.78, 5) is 11.6. The highest BCUT2D eigenvalue weighted by Crippen LogP contribution is 2.33. The number of carbonyl (C=O) groups is 1. The van der Waals surface area contributed by atoms with Crippen LogP contribution in [0.25, 0.3) is 28.2 Å². The summed E-state index contributed by atoms with van der Waals surface area (Å²) in [6, 6.07) is 12.2. The molecule has 0 aliphatic carbocycles. The second kappa shape index (κ2) is 8.57. The molecule has 1 fully saturated rings. The van der Waals surface area contributed by atoms with Crippen molar-refractivity contribution in [2.45, 2.75) is 32.4 Å². The van der Waals surface area contributed by atoms with Crippen molar-refractivity contribution in [1.29, 1.82) is 0 Å². The van der Waals surface area contributed by atoms with E-state index in [2.05, 4.69) is 0 Å². The molecule has 0 radical (unpaired) electrons. The van der Waals surface area contributed by atoms with Gasteiger partial charge in [-0.25, -0.2) is 13.9 Å². The SMILES string of the molecule is CCOC(=O)/C=C/c1ccc2c(c1)c(-c1ccc(F)cc1)nn2C1CCCCO1. The smallest absolute Gasteiger partial charge is 0.330 e. The van der Waals surface area contributed by atoms with E-state index in [1.165, 1.54) is 18.2 Å². The van der Waals surface area contributed by atoms with E-state index >= 15 is 0 Å². The zero-order chi connectivity index (χ0) is 20.2. The lowest BCUT2D eigenvalue weighted by Gasteiger charge is -2.23. The van der Waals surface area contributed by atoms with Crippen molar-refractivity contribution < 1.29 is 18.7 Å². The summed E-state index contributed by atoms with van der Waals surface area (Å²) in [7, 11) is 0. The fraction of sp³-hybridized carbons (Fsp3) is 0.304. The second-order valence-corrected chi connectivity index (χ2v) is 6.98. The number of esters is 1. The lowest BCUT2D eigenvalue weighted by atomic mass is 10.1. The number of ether oxygens (including phenoxy) is 2. The van der Waals surface area contributed by atoms with Gasteiger partial charge in [-0.15, -0.1) is 0 Å². The lowest BCUT2D eigenvalue weighted by Crippen LogP contribution is -2.19. The molecule has 0 amide bonds. The molecule has 29 heavy (non-hydrogen) atoms. The van der Waals surface area contributed by atoms with Crippen LogP contribution in [0, 0.1) is 5.82 Å². The molecular weight excluding hydrogens is 371 g/mol.